The third kappa shape index (κ3) is 1.59. The number of amides is 1. The highest BCUT2D eigenvalue weighted by Crippen LogP contribution is 2.18. The lowest BCUT2D eigenvalue weighted by molar-refractivity contribution is -0.163. The normalized spacial score (nSPS) is 21.3. The molecule has 0 spiro atoms. The van der Waals surface area contributed by atoms with E-state index in [9.17, 15) is 9.59 Å². The van der Waals surface area contributed by atoms with Crippen molar-refractivity contribution in [1.82, 2.24) is 5.32 Å². The molecule has 1 amide bonds. The quantitative estimate of drug-likeness (QED) is 0.516. The molecule has 1 atom stereocenters. The average molecular weight is 191 g/mol. The molecule has 0 aliphatic carbocycles. The Kier molecular flexibility index (Phi) is 2.18. The summed E-state index contributed by atoms with van der Waals surface area (Å²) in [6.45, 7) is 0.342. The minimum absolute atomic E-state index is 0.342. The van der Waals surface area contributed by atoms with Crippen molar-refractivity contribution < 1.29 is 14.3 Å². The molecule has 4 nitrogen and oxygen atoms in total. The molecule has 1 N–H and O–H groups in total. The Morgan fingerprint density at radius 1 is 1.21 bits per heavy atom. The lowest BCUT2D eigenvalue weighted by Gasteiger charge is -2.22. The second-order valence-electron chi connectivity index (χ2n) is 3.01. The van der Waals surface area contributed by atoms with Crippen LogP contribution in [0.25, 0.3) is 0 Å². The molecule has 14 heavy (non-hydrogen) atoms. The van der Waals surface area contributed by atoms with Crippen molar-refractivity contribution in [1.29, 1.82) is 0 Å². The fourth-order valence-electron chi connectivity index (χ4n) is 1.34. The van der Waals surface area contributed by atoms with Gasteiger partial charge < -0.3 is 10.1 Å². The molecule has 4 heteroatoms. The molecule has 1 heterocycles. The Bertz CT molecular complexity index is 361. The molecule has 1 saturated heterocycles. The number of rotatable bonds is 1. The van der Waals surface area contributed by atoms with E-state index in [1.54, 1.807) is 0 Å². The van der Waals surface area contributed by atoms with Crippen molar-refractivity contribution in [2.45, 2.75) is 6.10 Å². The molecule has 0 bridgehead atoms. The Hall–Kier alpha value is -1.84. The summed E-state index contributed by atoms with van der Waals surface area (Å²) in [7, 11) is 0. The van der Waals surface area contributed by atoms with Gasteiger partial charge in [-0.3, -0.25) is 4.79 Å². The maximum Gasteiger partial charge on any atom is 0.397 e. The van der Waals surface area contributed by atoms with Gasteiger partial charge in [0.05, 0.1) is 6.54 Å². The maximum atomic E-state index is 10.9. The van der Waals surface area contributed by atoms with Crippen LogP contribution in [-0.2, 0) is 14.3 Å². The molecule has 1 aliphatic heterocycles. The predicted molar refractivity (Wildman–Crippen MR) is 48.3 cm³/mol. The highest BCUT2D eigenvalue weighted by Gasteiger charge is 2.27. The van der Waals surface area contributed by atoms with Gasteiger partial charge in [0.25, 0.3) is 0 Å². The molecular weight excluding hydrogens is 182 g/mol. The van der Waals surface area contributed by atoms with Gasteiger partial charge in [0, 0.05) is 0 Å². The number of ether oxygens (including phenoxy) is 1. The van der Waals surface area contributed by atoms with Crippen LogP contribution >= 0.6 is 0 Å². The third-order valence-electron chi connectivity index (χ3n) is 2.05. The van der Waals surface area contributed by atoms with Crippen LogP contribution in [0.15, 0.2) is 30.3 Å². The first-order valence-electron chi connectivity index (χ1n) is 4.31. The fraction of sp³-hybridized carbons (Fsp3) is 0.200. The van der Waals surface area contributed by atoms with Crippen LogP contribution in [0.2, 0.25) is 0 Å². The SMILES string of the molecule is O=C1NCC(c2ccccc2)OC1=O. The number of cyclic esters (lactones) is 1. The Balaban J connectivity index is 2.14. The summed E-state index contributed by atoms with van der Waals surface area (Å²) in [5, 5.41) is 2.47. The number of hydrogen-bond donors (Lipinski definition) is 1. The smallest absolute Gasteiger partial charge is 0.397 e. The molecule has 0 saturated carbocycles. The van der Waals surface area contributed by atoms with Gasteiger partial charge in [-0.1, -0.05) is 30.3 Å². The van der Waals surface area contributed by atoms with E-state index in [2.05, 4.69) is 5.32 Å². The van der Waals surface area contributed by atoms with E-state index in [1.807, 2.05) is 30.3 Å². The van der Waals surface area contributed by atoms with Crippen molar-refractivity contribution in [3.05, 3.63) is 35.9 Å². The number of morpholine rings is 1. The Morgan fingerprint density at radius 3 is 2.57 bits per heavy atom. The zero-order valence-corrected chi connectivity index (χ0v) is 7.40. The maximum absolute atomic E-state index is 10.9. The van der Waals surface area contributed by atoms with Crippen LogP contribution < -0.4 is 5.32 Å². The number of carbonyl (C=O) groups is 2. The van der Waals surface area contributed by atoms with Crippen LogP contribution in [0.3, 0.4) is 0 Å². The van der Waals surface area contributed by atoms with Gasteiger partial charge in [0.2, 0.25) is 0 Å². The second-order valence-corrected chi connectivity index (χ2v) is 3.01. The van der Waals surface area contributed by atoms with Gasteiger partial charge >= 0.3 is 11.9 Å². The van der Waals surface area contributed by atoms with Crippen molar-refractivity contribution >= 4 is 11.9 Å². The molecule has 1 aliphatic rings. The minimum atomic E-state index is -0.815. The zero-order chi connectivity index (χ0) is 9.97. The van der Waals surface area contributed by atoms with E-state index in [1.165, 1.54) is 0 Å². The van der Waals surface area contributed by atoms with Crippen LogP contribution in [0.5, 0.6) is 0 Å². The van der Waals surface area contributed by atoms with E-state index in [0.717, 1.165) is 5.56 Å². The van der Waals surface area contributed by atoms with Crippen LogP contribution in [0, 0.1) is 0 Å². The van der Waals surface area contributed by atoms with Gasteiger partial charge in [-0.15, -0.1) is 0 Å². The molecule has 72 valence electrons. The monoisotopic (exact) mass is 191 g/mol. The largest absolute Gasteiger partial charge is 0.448 e. The number of benzene rings is 1. The standard InChI is InChI=1S/C10H9NO3/c12-9-10(13)14-8(6-11-9)7-4-2-1-3-5-7/h1-5,8H,6H2,(H,11,12). The van der Waals surface area contributed by atoms with Crippen molar-refractivity contribution in [3.63, 3.8) is 0 Å². The first-order valence-corrected chi connectivity index (χ1v) is 4.31. The molecule has 2 rings (SSSR count). The molecule has 1 fully saturated rings. The van der Waals surface area contributed by atoms with Gasteiger partial charge in [-0.05, 0) is 5.56 Å². The van der Waals surface area contributed by atoms with Crippen LogP contribution in [0.4, 0.5) is 0 Å². The summed E-state index contributed by atoms with van der Waals surface area (Å²) in [6.07, 6.45) is -0.360. The summed E-state index contributed by atoms with van der Waals surface area (Å²) >= 11 is 0. The molecule has 1 unspecified atom stereocenters. The number of hydrogen-bond acceptors (Lipinski definition) is 3. The average Bonchev–Trinajstić information content (AvgIpc) is 2.23. The first-order chi connectivity index (χ1) is 6.77. The van der Waals surface area contributed by atoms with E-state index in [-0.39, 0.29) is 6.10 Å². The van der Waals surface area contributed by atoms with Crippen molar-refractivity contribution in [2.75, 3.05) is 6.54 Å². The van der Waals surface area contributed by atoms with E-state index in [4.69, 9.17) is 4.74 Å². The van der Waals surface area contributed by atoms with Crippen LogP contribution in [-0.4, -0.2) is 18.4 Å². The van der Waals surface area contributed by atoms with E-state index in [0.29, 0.717) is 6.54 Å². The Labute approximate surface area is 80.9 Å². The number of carbonyl (C=O) groups excluding carboxylic acids is 2. The van der Waals surface area contributed by atoms with E-state index >= 15 is 0 Å². The number of esters is 1. The van der Waals surface area contributed by atoms with Gasteiger partial charge in [-0.2, -0.15) is 0 Å². The lowest BCUT2D eigenvalue weighted by Crippen LogP contribution is -2.42. The highest BCUT2D eigenvalue weighted by atomic mass is 16.6. The molecule has 1 aromatic carbocycles. The molecule has 0 aromatic heterocycles. The summed E-state index contributed by atoms with van der Waals surface area (Å²) in [5.74, 6) is -1.48. The molecule has 0 radical (unpaired) electrons. The summed E-state index contributed by atoms with van der Waals surface area (Å²) in [5.41, 5.74) is 0.890. The van der Waals surface area contributed by atoms with Gasteiger partial charge in [0.15, 0.2) is 0 Å². The minimum Gasteiger partial charge on any atom is -0.448 e. The Morgan fingerprint density at radius 2 is 1.93 bits per heavy atom. The summed E-state index contributed by atoms with van der Waals surface area (Å²) in [4.78, 5) is 21.7. The lowest BCUT2D eigenvalue weighted by atomic mass is 10.1. The zero-order valence-electron chi connectivity index (χ0n) is 7.40. The number of nitrogens with one attached hydrogen (secondary N) is 1. The summed E-state index contributed by atoms with van der Waals surface area (Å²) in [6, 6.07) is 9.32. The topological polar surface area (TPSA) is 55.4 Å². The fourth-order valence-corrected chi connectivity index (χ4v) is 1.34. The third-order valence-corrected chi connectivity index (χ3v) is 2.05. The molecule has 1 aromatic rings. The highest BCUT2D eigenvalue weighted by molar-refractivity contribution is 6.32. The van der Waals surface area contributed by atoms with Crippen molar-refractivity contribution in [3.8, 4) is 0 Å². The van der Waals surface area contributed by atoms with E-state index < -0.39 is 11.9 Å². The summed E-state index contributed by atoms with van der Waals surface area (Å²) < 4.78 is 4.93. The van der Waals surface area contributed by atoms with Gasteiger partial charge in [-0.25, -0.2) is 4.79 Å². The molecular formula is C10H9NO3. The van der Waals surface area contributed by atoms with Crippen molar-refractivity contribution in [2.24, 2.45) is 0 Å². The second kappa shape index (κ2) is 3.49. The van der Waals surface area contributed by atoms with Crippen LogP contribution in [0.1, 0.15) is 11.7 Å². The first kappa shape index (κ1) is 8.74. The van der Waals surface area contributed by atoms with Gasteiger partial charge in [0.1, 0.15) is 6.10 Å². The predicted octanol–water partition coefficient (Wildman–Crippen LogP) is 0.401.